The average Bonchev–Trinajstić information content (AvgIpc) is 3.47. The molecule has 1 unspecified atom stereocenters. The Kier molecular flexibility index (Phi) is 3.80. The largest absolute Gasteiger partial charge is 0.363 e. The number of non-ortho nitro benzene ring substituents is 1. The van der Waals surface area contributed by atoms with E-state index >= 15 is 0 Å². The van der Waals surface area contributed by atoms with Crippen molar-refractivity contribution in [3.05, 3.63) is 70.0 Å². The lowest BCUT2D eigenvalue weighted by atomic mass is 10.1. The fourth-order valence-corrected chi connectivity index (χ4v) is 2.92. The maximum Gasteiger partial charge on any atom is 0.269 e. The highest BCUT2D eigenvalue weighted by Crippen LogP contribution is 2.39. The van der Waals surface area contributed by atoms with Gasteiger partial charge in [-0.15, -0.1) is 0 Å². The van der Waals surface area contributed by atoms with Gasteiger partial charge in [-0.3, -0.25) is 10.1 Å². The minimum Gasteiger partial charge on any atom is -0.363 e. The van der Waals surface area contributed by atoms with E-state index in [0.717, 1.165) is 41.0 Å². The second-order valence-corrected chi connectivity index (χ2v) is 6.44. The lowest BCUT2D eigenvalue weighted by molar-refractivity contribution is -0.384. The van der Waals surface area contributed by atoms with Crippen molar-refractivity contribution in [2.75, 3.05) is 5.32 Å². The van der Waals surface area contributed by atoms with E-state index in [0.29, 0.717) is 5.92 Å². The van der Waals surface area contributed by atoms with E-state index < -0.39 is 0 Å². The zero-order valence-corrected chi connectivity index (χ0v) is 13.8. The van der Waals surface area contributed by atoms with Gasteiger partial charge in [-0.2, -0.15) is 0 Å². The predicted octanol–water partition coefficient (Wildman–Crippen LogP) is 4.59. The molecular formula is C19H18N4O2. The third kappa shape index (κ3) is 3.15. The highest BCUT2D eigenvalue weighted by molar-refractivity contribution is 5.89. The number of benzene rings is 2. The molecule has 6 nitrogen and oxygen atoms in total. The van der Waals surface area contributed by atoms with E-state index in [4.69, 9.17) is 4.98 Å². The minimum absolute atomic E-state index is 0.0948. The first-order valence-corrected chi connectivity index (χ1v) is 8.39. The van der Waals surface area contributed by atoms with Gasteiger partial charge in [0.1, 0.15) is 11.6 Å². The van der Waals surface area contributed by atoms with Crippen LogP contribution in [-0.2, 0) is 0 Å². The van der Waals surface area contributed by atoms with Crippen molar-refractivity contribution in [3.8, 4) is 0 Å². The molecule has 1 N–H and O–H groups in total. The Labute approximate surface area is 145 Å². The van der Waals surface area contributed by atoms with Gasteiger partial charge in [0.2, 0.25) is 0 Å². The first-order valence-electron chi connectivity index (χ1n) is 8.39. The van der Waals surface area contributed by atoms with Crippen molar-refractivity contribution >= 4 is 22.4 Å². The number of anilines is 1. The van der Waals surface area contributed by atoms with Crippen molar-refractivity contribution in [2.24, 2.45) is 0 Å². The van der Waals surface area contributed by atoms with Crippen LogP contribution in [0.4, 0.5) is 11.5 Å². The molecule has 0 amide bonds. The second-order valence-electron chi connectivity index (χ2n) is 6.44. The summed E-state index contributed by atoms with van der Waals surface area (Å²) in [7, 11) is 0. The van der Waals surface area contributed by atoms with E-state index in [-0.39, 0.29) is 16.7 Å². The molecule has 25 heavy (non-hydrogen) atoms. The van der Waals surface area contributed by atoms with Crippen LogP contribution in [0.1, 0.15) is 43.1 Å². The molecule has 0 radical (unpaired) electrons. The first-order chi connectivity index (χ1) is 12.1. The molecule has 2 aromatic carbocycles. The second kappa shape index (κ2) is 6.12. The van der Waals surface area contributed by atoms with Gasteiger partial charge in [0.15, 0.2) is 0 Å². The Morgan fingerprint density at radius 3 is 2.72 bits per heavy atom. The molecule has 1 aliphatic carbocycles. The number of fused-ring (bicyclic) bond motifs is 1. The number of nitrogens with one attached hydrogen (secondary N) is 1. The molecule has 4 rings (SSSR count). The van der Waals surface area contributed by atoms with Crippen molar-refractivity contribution in [1.82, 2.24) is 9.97 Å². The zero-order valence-electron chi connectivity index (χ0n) is 13.8. The molecule has 6 heteroatoms. The Balaban J connectivity index is 1.70. The molecule has 0 bridgehead atoms. The van der Waals surface area contributed by atoms with Gasteiger partial charge >= 0.3 is 0 Å². The number of nitrogens with zero attached hydrogens (tertiary/aromatic N) is 3. The van der Waals surface area contributed by atoms with E-state index in [2.05, 4.69) is 10.3 Å². The number of para-hydroxylation sites is 1. The predicted molar refractivity (Wildman–Crippen MR) is 96.6 cm³/mol. The Bertz CT molecular complexity index is 953. The number of nitro benzene ring substituents is 1. The number of hydrogen-bond donors (Lipinski definition) is 1. The number of rotatable bonds is 5. The van der Waals surface area contributed by atoms with E-state index in [1.165, 1.54) is 6.07 Å². The third-order valence-electron chi connectivity index (χ3n) is 4.50. The quantitative estimate of drug-likeness (QED) is 0.545. The van der Waals surface area contributed by atoms with Crippen LogP contribution in [0.3, 0.4) is 0 Å². The van der Waals surface area contributed by atoms with Gasteiger partial charge in [0.05, 0.1) is 16.5 Å². The number of nitro groups is 1. The Morgan fingerprint density at radius 2 is 1.96 bits per heavy atom. The standard InChI is InChI=1S/C19H18N4O2/c1-12(14-5-4-6-15(11-14)23(24)25)20-19-16-7-2-3-8-17(16)21-18(22-19)13-9-10-13/h2-8,11-13H,9-10H2,1H3,(H,20,21,22). The summed E-state index contributed by atoms with van der Waals surface area (Å²) in [6, 6.07) is 14.5. The van der Waals surface area contributed by atoms with Gasteiger partial charge in [0.25, 0.3) is 5.69 Å². The highest BCUT2D eigenvalue weighted by Gasteiger charge is 2.27. The lowest BCUT2D eigenvalue weighted by Gasteiger charge is -2.17. The fourth-order valence-electron chi connectivity index (χ4n) is 2.92. The van der Waals surface area contributed by atoms with E-state index in [1.807, 2.05) is 37.3 Å². The lowest BCUT2D eigenvalue weighted by Crippen LogP contribution is -2.10. The van der Waals surface area contributed by atoms with Gasteiger partial charge in [-0.05, 0) is 37.5 Å². The monoisotopic (exact) mass is 334 g/mol. The average molecular weight is 334 g/mol. The number of aromatic nitrogens is 2. The summed E-state index contributed by atoms with van der Waals surface area (Å²) >= 11 is 0. The topological polar surface area (TPSA) is 81.0 Å². The third-order valence-corrected chi connectivity index (χ3v) is 4.50. The van der Waals surface area contributed by atoms with Crippen molar-refractivity contribution < 1.29 is 4.92 Å². The molecule has 126 valence electrons. The maximum absolute atomic E-state index is 11.0. The van der Waals surface area contributed by atoms with E-state index in [9.17, 15) is 10.1 Å². The van der Waals surface area contributed by atoms with Crippen LogP contribution in [-0.4, -0.2) is 14.9 Å². The van der Waals surface area contributed by atoms with Crippen LogP contribution in [0.15, 0.2) is 48.5 Å². The molecule has 1 aromatic heterocycles. The molecule has 0 spiro atoms. The molecule has 1 heterocycles. The Hall–Kier alpha value is -3.02. The molecule has 0 saturated heterocycles. The molecule has 0 aliphatic heterocycles. The van der Waals surface area contributed by atoms with Crippen LogP contribution in [0.2, 0.25) is 0 Å². The molecule has 1 atom stereocenters. The summed E-state index contributed by atoms with van der Waals surface area (Å²) in [5, 5.41) is 15.4. The van der Waals surface area contributed by atoms with Crippen molar-refractivity contribution in [2.45, 2.75) is 31.7 Å². The van der Waals surface area contributed by atoms with Crippen LogP contribution in [0, 0.1) is 10.1 Å². The smallest absolute Gasteiger partial charge is 0.269 e. The van der Waals surface area contributed by atoms with Gasteiger partial charge < -0.3 is 5.32 Å². The normalized spacial score (nSPS) is 15.1. The highest BCUT2D eigenvalue weighted by atomic mass is 16.6. The molecular weight excluding hydrogens is 316 g/mol. The van der Waals surface area contributed by atoms with Gasteiger partial charge in [-0.25, -0.2) is 9.97 Å². The summed E-state index contributed by atoms with van der Waals surface area (Å²) in [5.74, 6) is 2.12. The molecule has 1 saturated carbocycles. The molecule has 1 aliphatic rings. The minimum atomic E-state index is -0.374. The van der Waals surface area contributed by atoms with Gasteiger partial charge in [-0.1, -0.05) is 24.3 Å². The van der Waals surface area contributed by atoms with Crippen LogP contribution < -0.4 is 5.32 Å². The van der Waals surface area contributed by atoms with E-state index in [1.54, 1.807) is 12.1 Å². The summed E-state index contributed by atoms with van der Waals surface area (Å²) in [4.78, 5) is 20.0. The van der Waals surface area contributed by atoms with Gasteiger partial charge in [0, 0.05) is 23.4 Å². The first kappa shape index (κ1) is 15.5. The SMILES string of the molecule is CC(Nc1nc(C2CC2)nc2ccccc12)c1cccc([N+](=O)[O-])c1. The summed E-state index contributed by atoms with van der Waals surface area (Å²) in [5.41, 5.74) is 1.87. The number of hydrogen-bond acceptors (Lipinski definition) is 5. The zero-order chi connectivity index (χ0) is 17.4. The van der Waals surface area contributed by atoms with Crippen molar-refractivity contribution in [1.29, 1.82) is 0 Å². The fraction of sp³-hybridized carbons (Fsp3) is 0.263. The summed E-state index contributed by atoms with van der Waals surface area (Å²) < 4.78 is 0. The summed E-state index contributed by atoms with van der Waals surface area (Å²) in [6.45, 7) is 1.98. The summed E-state index contributed by atoms with van der Waals surface area (Å²) in [6.07, 6.45) is 2.27. The van der Waals surface area contributed by atoms with Crippen LogP contribution >= 0.6 is 0 Å². The molecule has 3 aromatic rings. The van der Waals surface area contributed by atoms with Crippen LogP contribution in [0.5, 0.6) is 0 Å². The van der Waals surface area contributed by atoms with Crippen LogP contribution in [0.25, 0.3) is 10.9 Å². The van der Waals surface area contributed by atoms with Crippen molar-refractivity contribution in [3.63, 3.8) is 0 Å². The maximum atomic E-state index is 11.0. The Morgan fingerprint density at radius 1 is 1.16 bits per heavy atom. The molecule has 1 fully saturated rings.